The van der Waals surface area contributed by atoms with Crippen molar-refractivity contribution in [2.75, 3.05) is 20.8 Å². The normalized spacial score (nSPS) is 15.5. The standard InChI is InChI=1S/C21H19FN4O5/c1-30-16(31-2)11-25-20(14-5-3-4-6-15(14)26(28)29)17-18(23-24-19(17)21(25)27)12-7-9-13(22)10-8-12/h3-10,16,20H,11H2,1-2H3,(H,23,24). The van der Waals surface area contributed by atoms with E-state index >= 15 is 0 Å². The lowest BCUT2D eigenvalue weighted by Gasteiger charge is -2.28. The van der Waals surface area contributed by atoms with Crippen LogP contribution in [-0.2, 0) is 9.47 Å². The van der Waals surface area contributed by atoms with Gasteiger partial charge in [0.1, 0.15) is 11.5 Å². The number of aromatic nitrogens is 2. The first kappa shape index (κ1) is 20.6. The lowest BCUT2D eigenvalue weighted by molar-refractivity contribution is -0.385. The number of rotatable bonds is 7. The largest absolute Gasteiger partial charge is 0.354 e. The Labute approximate surface area is 176 Å². The minimum absolute atomic E-state index is 0.0356. The average Bonchev–Trinajstić information content (AvgIpc) is 3.31. The molecule has 160 valence electrons. The van der Waals surface area contributed by atoms with Gasteiger partial charge >= 0.3 is 0 Å². The molecule has 0 spiro atoms. The molecule has 10 heteroatoms. The Kier molecular flexibility index (Phi) is 5.49. The highest BCUT2D eigenvalue weighted by Crippen LogP contribution is 2.45. The second kappa shape index (κ2) is 8.25. The van der Waals surface area contributed by atoms with E-state index in [4.69, 9.17) is 9.47 Å². The number of methoxy groups -OCH3 is 2. The van der Waals surface area contributed by atoms with E-state index in [1.807, 2.05) is 0 Å². The molecule has 1 unspecified atom stereocenters. The maximum Gasteiger partial charge on any atom is 0.275 e. The van der Waals surface area contributed by atoms with Crippen molar-refractivity contribution in [3.8, 4) is 11.3 Å². The third kappa shape index (κ3) is 3.56. The number of ether oxygens (including phenoxy) is 2. The molecule has 0 saturated carbocycles. The van der Waals surface area contributed by atoms with Gasteiger partial charge in [0.2, 0.25) is 0 Å². The number of H-pyrrole nitrogens is 1. The summed E-state index contributed by atoms with van der Waals surface area (Å²) in [7, 11) is 2.89. The van der Waals surface area contributed by atoms with Gasteiger partial charge in [0.15, 0.2) is 6.29 Å². The fraction of sp³-hybridized carbons (Fsp3) is 0.238. The molecule has 1 N–H and O–H groups in total. The molecule has 1 aliphatic heterocycles. The lowest BCUT2D eigenvalue weighted by Crippen LogP contribution is -2.38. The summed E-state index contributed by atoms with van der Waals surface area (Å²) in [6.07, 6.45) is -0.736. The summed E-state index contributed by atoms with van der Waals surface area (Å²) in [4.78, 5) is 25.9. The first-order valence-corrected chi connectivity index (χ1v) is 9.40. The van der Waals surface area contributed by atoms with E-state index in [-0.39, 0.29) is 17.9 Å². The fourth-order valence-corrected chi connectivity index (χ4v) is 3.83. The maximum absolute atomic E-state index is 13.4. The average molecular weight is 426 g/mol. The second-order valence-electron chi connectivity index (χ2n) is 6.94. The minimum atomic E-state index is -0.810. The number of nitro groups is 1. The Balaban J connectivity index is 1.91. The Hall–Kier alpha value is -3.63. The quantitative estimate of drug-likeness (QED) is 0.353. The molecule has 3 aromatic rings. The van der Waals surface area contributed by atoms with E-state index in [0.29, 0.717) is 22.4 Å². The van der Waals surface area contributed by atoms with Crippen LogP contribution >= 0.6 is 0 Å². The number of halogens is 1. The van der Waals surface area contributed by atoms with E-state index in [9.17, 15) is 19.3 Å². The summed E-state index contributed by atoms with van der Waals surface area (Å²) >= 11 is 0. The van der Waals surface area contributed by atoms with Crippen LogP contribution in [0, 0.1) is 15.9 Å². The third-order valence-corrected chi connectivity index (χ3v) is 5.28. The molecule has 2 aromatic carbocycles. The van der Waals surface area contributed by atoms with Crippen LogP contribution in [0.1, 0.15) is 27.7 Å². The SMILES string of the molecule is COC(CN1C(=O)c2[nH]nc(-c3ccc(F)cc3)c2C1c1ccccc1[N+](=O)[O-])OC. The van der Waals surface area contributed by atoms with Gasteiger partial charge in [-0.1, -0.05) is 12.1 Å². The topological polar surface area (TPSA) is 111 Å². The van der Waals surface area contributed by atoms with Gasteiger partial charge in [-0.2, -0.15) is 5.10 Å². The number of benzene rings is 2. The first-order chi connectivity index (χ1) is 15.0. The lowest BCUT2D eigenvalue weighted by atomic mass is 9.95. The molecule has 0 saturated heterocycles. The van der Waals surface area contributed by atoms with Crippen LogP contribution in [0.4, 0.5) is 10.1 Å². The number of carbonyl (C=O) groups is 1. The number of nitrogens with zero attached hydrogens (tertiary/aromatic N) is 3. The molecule has 1 aromatic heterocycles. The zero-order chi connectivity index (χ0) is 22.1. The number of fused-ring (bicyclic) bond motifs is 1. The van der Waals surface area contributed by atoms with E-state index in [2.05, 4.69) is 10.2 Å². The number of carbonyl (C=O) groups excluding carboxylic acids is 1. The van der Waals surface area contributed by atoms with Gasteiger partial charge in [-0.15, -0.1) is 0 Å². The highest BCUT2D eigenvalue weighted by atomic mass is 19.1. The van der Waals surface area contributed by atoms with Crippen LogP contribution in [0.2, 0.25) is 0 Å². The summed E-state index contributed by atoms with van der Waals surface area (Å²) in [6, 6.07) is 11.1. The van der Waals surface area contributed by atoms with Crippen LogP contribution in [0.3, 0.4) is 0 Å². The van der Waals surface area contributed by atoms with Gasteiger partial charge in [0.25, 0.3) is 11.6 Å². The van der Waals surface area contributed by atoms with Crippen molar-refractivity contribution in [2.45, 2.75) is 12.3 Å². The number of nitro benzene ring substituents is 1. The van der Waals surface area contributed by atoms with Gasteiger partial charge in [0, 0.05) is 31.4 Å². The summed E-state index contributed by atoms with van der Waals surface area (Å²) in [5, 5.41) is 18.7. The molecule has 0 bridgehead atoms. The highest BCUT2D eigenvalue weighted by molar-refractivity contribution is 6.00. The summed E-state index contributed by atoms with van der Waals surface area (Å²) in [6.45, 7) is 0.0356. The molecule has 0 radical (unpaired) electrons. The molecular formula is C21H19FN4O5. The predicted octanol–water partition coefficient (Wildman–Crippen LogP) is 3.29. The Morgan fingerprint density at radius 3 is 2.52 bits per heavy atom. The van der Waals surface area contributed by atoms with Crippen molar-refractivity contribution in [3.63, 3.8) is 0 Å². The van der Waals surface area contributed by atoms with E-state index in [1.165, 1.54) is 37.3 Å². The monoisotopic (exact) mass is 426 g/mol. The van der Waals surface area contributed by atoms with Crippen LogP contribution in [0.5, 0.6) is 0 Å². The van der Waals surface area contributed by atoms with Gasteiger partial charge in [-0.3, -0.25) is 20.0 Å². The van der Waals surface area contributed by atoms with E-state index < -0.39 is 29.0 Å². The van der Waals surface area contributed by atoms with Gasteiger partial charge in [-0.05, 0) is 30.3 Å². The molecular weight excluding hydrogens is 407 g/mol. The number of para-hydroxylation sites is 1. The number of amides is 1. The van der Waals surface area contributed by atoms with Crippen LogP contribution in [0.15, 0.2) is 48.5 Å². The third-order valence-electron chi connectivity index (χ3n) is 5.28. The van der Waals surface area contributed by atoms with Crippen molar-refractivity contribution in [2.24, 2.45) is 0 Å². The summed E-state index contributed by atoms with van der Waals surface area (Å²) in [5.41, 5.74) is 1.89. The molecule has 2 heterocycles. The maximum atomic E-state index is 13.4. The predicted molar refractivity (Wildman–Crippen MR) is 108 cm³/mol. The van der Waals surface area contributed by atoms with Crippen LogP contribution in [0.25, 0.3) is 11.3 Å². The minimum Gasteiger partial charge on any atom is -0.354 e. The molecule has 4 rings (SSSR count). The van der Waals surface area contributed by atoms with Crippen molar-refractivity contribution < 1.29 is 23.6 Å². The summed E-state index contributed by atoms with van der Waals surface area (Å²) in [5.74, 6) is -0.801. The van der Waals surface area contributed by atoms with Gasteiger partial charge in [0.05, 0.1) is 28.8 Å². The molecule has 0 aliphatic carbocycles. The molecule has 0 fully saturated rings. The highest BCUT2D eigenvalue weighted by Gasteiger charge is 2.45. The first-order valence-electron chi connectivity index (χ1n) is 9.40. The van der Waals surface area contributed by atoms with Crippen molar-refractivity contribution >= 4 is 11.6 Å². The molecule has 1 aliphatic rings. The number of hydrogen-bond donors (Lipinski definition) is 1. The van der Waals surface area contributed by atoms with Crippen LogP contribution < -0.4 is 0 Å². The van der Waals surface area contributed by atoms with Gasteiger partial charge < -0.3 is 14.4 Å². The number of hydrogen-bond acceptors (Lipinski definition) is 6. The van der Waals surface area contributed by atoms with E-state index in [0.717, 1.165) is 0 Å². The van der Waals surface area contributed by atoms with E-state index in [1.54, 1.807) is 30.3 Å². The second-order valence-corrected chi connectivity index (χ2v) is 6.94. The Morgan fingerprint density at radius 2 is 1.87 bits per heavy atom. The molecule has 1 atom stereocenters. The Bertz CT molecular complexity index is 1130. The molecule has 31 heavy (non-hydrogen) atoms. The Morgan fingerprint density at radius 1 is 1.19 bits per heavy atom. The molecule has 9 nitrogen and oxygen atoms in total. The van der Waals surface area contributed by atoms with Crippen molar-refractivity contribution in [3.05, 3.63) is 81.3 Å². The zero-order valence-electron chi connectivity index (χ0n) is 16.7. The zero-order valence-corrected chi connectivity index (χ0v) is 16.7. The fourth-order valence-electron chi connectivity index (χ4n) is 3.83. The van der Waals surface area contributed by atoms with Crippen molar-refractivity contribution in [1.29, 1.82) is 0 Å². The molecule has 1 amide bonds. The van der Waals surface area contributed by atoms with Gasteiger partial charge in [-0.25, -0.2) is 4.39 Å². The summed E-state index contributed by atoms with van der Waals surface area (Å²) < 4.78 is 24.0. The van der Waals surface area contributed by atoms with Crippen molar-refractivity contribution in [1.82, 2.24) is 15.1 Å². The number of nitrogens with one attached hydrogen (secondary N) is 1. The smallest absolute Gasteiger partial charge is 0.275 e. The number of aromatic amines is 1. The van der Waals surface area contributed by atoms with Crippen LogP contribution in [-0.4, -0.2) is 53.0 Å².